The topological polar surface area (TPSA) is 23.8 Å². The molecule has 0 unspecified atom stereocenters. The van der Waals surface area contributed by atoms with Gasteiger partial charge in [-0.3, -0.25) is 0 Å². The van der Waals surface area contributed by atoms with Crippen LogP contribution in [0.5, 0.6) is 0 Å². The number of nitriles is 1. The molecule has 0 saturated heterocycles. The highest BCUT2D eigenvalue weighted by Crippen LogP contribution is 2.13. The molecule has 0 fully saturated rings. The Kier molecular flexibility index (Phi) is 4.84. The Bertz CT molecular complexity index is 319. The zero-order chi connectivity index (χ0) is 10.4. The number of rotatable bonds is 0. The summed E-state index contributed by atoms with van der Waals surface area (Å²) in [5, 5.41) is 8.68. The molecule has 1 heteroatoms. The second kappa shape index (κ2) is 5.37. The third kappa shape index (κ3) is 2.91. The normalized spacial score (nSPS) is 8.31. The van der Waals surface area contributed by atoms with Gasteiger partial charge in [0.15, 0.2) is 0 Å². The Balaban J connectivity index is 0.000000671. The highest BCUT2D eigenvalue weighted by Gasteiger charge is 1.99. The van der Waals surface area contributed by atoms with Gasteiger partial charge in [0.2, 0.25) is 0 Å². The average molecular weight is 175 g/mol. The quantitative estimate of drug-likeness (QED) is 0.592. The van der Waals surface area contributed by atoms with Crippen molar-refractivity contribution in [3.63, 3.8) is 0 Å². The number of aryl methyl sites for hydroxylation is 3. The lowest BCUT2D eigenvalue weighted by atomic mass is 10.0. The van der Waals surface area contributed by atoms with Crippen LogP contribution in [0.25, 0.3) is 0 Å². The van der Waals surface area contributed by atoms with Crippen LogP contribution < -0.4 is 0 Å². The Morgan fingerprint density at radius 3 is 1.85 bits per heavy atom. The monoisotopic (exact) mass is 175 g/mol. The minimum Gasteiger partial charge on any atom is -0.192 e. The largest absolute Gasteiger partial charge is 0.192 e. The maximum absolute atomic E-state index is 8.68. The van der Waals surface area contributed by atoms with Gasteiger partial charge in [-0.25, -0.2) is 0 Å². The smallest absolute Gasteiger partial charge is 0.0994 e. The molecule has 0 aromatic heterocycles. The number of nitrogens with zero attached hydrogens (tertiary/aromatic N) is 1. The summed E-state index contributed by atoms with van der Waals surface area (Å²) in [6.07, 6.45) is 0. The summed E-state index contributed by atoms with van der Waals surface area (Å²) in [6, 6.07) is 6.15. The molecule has 0 aliphatic carbocycles. The predicted octanol–water partition coefficient (Wildman–Crippen LogP) is 3.51. The second-order valence-corrected chi connectivity index (χ2v) is 2.86. The maximum atomic E-state index is 8.68. The fourth-order valence-electron chi connectivity index (χ4n) is 1.08. The third-order valence-corrected chi connectivity index (χ3v) is 1.96. The van der Waals surface area contributed by atoms with E-state index < -0.39 is 0 Å². The molecule has 70 valence electrons. The molecule has 1 rings (SSSR count). The van der Waals surface area contributed by atoms with E-state index in [2.05, 4.69) is 13.0 Å². The first-order chi connectivity index (χ1) is 6.15. The summed E-state index contributed by atoms with van der Waals surface area (Å²) in [4.78, 5) is 0. The van der Waals surface area contributed by atoms with Gasteiger partial charge in [-0.2, -0.15) is 5.26 Å². The van der Waals surface area contributed by atoms with E-state index in [1.54, 1.807) is 0 Å². The van der Waals surface area contributed by atoms with E-state index >= 15 is 0 Å². The molecule has 0 aliphatic heterocycles. The van der Waals surface area contributed by atoms with E-state index in [9.17, 15) is 0 Å². The van der Waals surface area contributed by atoms with Crippen LogP contribution in [0.4, 0.5) is 0 Å². The maximum Gasteiger partial charge on any atom is 0.0994 e. The first kappa shape index (κ1) is 11.7. The Labute approximate surface area is 81.0 Å². The van der Waals surface area contributed by atoms with Gasteiger partial charge in [0.05, 0.1) is 11.6 Å². The summed E-state index contributed by atoms with van der Waals surface area (Å²) in [5.41, 5.74) is 4.29. The zero-order valence-corrected chi connectivity index (χ0v) is 9.10. The van der Waals surface area contributed by atoms with Crippen LogP contribution in [0.3, 0.4) is 0 Å². The van der Waals surface area contributed by atoms with Crippen molar-refractivity contribution < 1.29 is 0 Å². The van der Waals surface area contributed by atoms with Gasteiger partial charge in [0, 0.05) is 0 Å². The first-order valence-corrected chi connectivity index (χ1v) is 4.63. The van der Waals surface area contributed by atoms with Crippen molar-refractivity contribution in [2.75, 3.05) is 0 Å². The van der Waals surface area contributed by atoms with Crippen molar-refractivity contribution in [1.29, 1.82) is 5.26 Å². The van der Waals surface area contributed by atoms with Crippen molar-refractivity contribution in [3.05, 3.63) is 34.4 Å². The van der Waals surface area contributed by atoms with Crippen molar-refractivity contribution in [3.8, 4) is 6.07 Å². The highest BCUT2D eigenvalue weighted by molar-refractivity contribution is 5.43. The molecule has 1 aromatic rings. The molecule has 1 nitrogen and oxygen atoms in total. The number of hydrogen-bond acceptors (Lipinski definition) is 1. The van der Waals surface area contributed by atoms with Crippen molar-refractivity contribution in [1.82, 2.24) is 0 Å². The third-order valence-electron chi connectivity index (χ3n) is 1.96. The molecular weight excluding hydrogens is 158 g/mol. The minimum absolute atomic E-state index is 0.785. The van der Waals surface area contributed by atoms with E-state index in [0.717, 1.165) is 11.1 Å². The summed E-state index contributed by atoms with van der Waals surface area (Å²) in [5.74, 6) is 0. The lowest BCUT2D eigenvalue weighted by Crippen LogP contribution is -1.87. The van der Waals surface area contributed by atoms with Gasteiger partial charge < -0.3 is 0 Å². The predicted molar refractivity (Wildman–Crippen MR) is 56.7 cm³/mol. The summed E-state index contributed by atoms with van der Waals surface area (Å²) < 4.78 is 0. The molecule has 0 heterocycles. The first-order valence-electron chi connectivity index (χ1n) is 4.63. The van der Waals surface area contributed by atoms with Crippen molar-refractivity contribution in [2.45, 2.75) is 34.6 Å². The molecule has 0 N–H and O–H groups in total. The highest BCUT2D eigenvalue weighted by atomic mass is 14.2. The molecule has 0 bridgehead atoms. The van der Waals surface area contributed by atoms with E-state index in [-0.39, 0.29) is 0 Å². The van der Waals surface area contributed by atoms with Gasteiger partial charge in [-0.15, -0.1) is 0 Å². The lowest BCUT2D eigenvalue weighted by molar-refractivity contribution is 1.27. The summed E-state index contributed by atoms with van der Waals surface area (Å²) >= 11 is 0. The van der Waals surface area contributed by atoms with Crippen molar-refractivity contribution >= 4 is 0 Å². The van der Waals surface area contributed by atoms with Crippen LogP contribution in [0.1, 0.15) is 36.1 Å². The standard InChI is InChI=1S/C10H11N.C2H6/c1-7-4-9(3)10(6-11)5-8(7)2;1-2/h4-5H,1-3H3;1-2H3. The zero-order valence-electron chi connectivity index (χ0n) is 9.10. The van der Waals surface area contributed by atoms with Crippen LogP contribution in [-0.2, 0) is 0 Å². The Morgan fingerprint density at radius 2 is 1.38 bits per heavy atom. The fourth-order valence-corrected chi connectivity index (χ4v) is 1.08. The van der Waals surface area contributed by atoms with Gasteiger partial charge in [0.25, 0.3) is 0 Å². The average Bonchev–Trinajstić information content (AvgIpc) is 2.15. The molecule has 0 spiro atoms. The minimum atomic E-state index is 0.785. The van der Waals surface area contributed by atoms with Crippen LogP contribution in [0, 0.1) is 32.1 Å². The molecule has 0 radical (unpaired) electrons. The lowest BCUT2D eigenvalue weighted by Gasteiger charge is -2.02. The van der Waals surface area contributed by atoms with Crippen LogP contribution in [-0.4, -0.2) is 0 Å². The Hall–Kier alpha value is -1.29. The molecular formula is C12H17N. The van der Waals surface area contributed by atoms with E-state index in [1.165, 1.54) is 11.1 Å². The van der Waals surface area contributed by atoms with Gasteiger partial charge in [-0.1, -0.05) is 19.9 Å². The van der Waals surface area contributed by atoms with Gasteiger partial charge >= 0.3 is 0 Å². The summed E-state index contributed by atoms with van der Waals surface area (Å²) in [7, 11) is 0. The molecule has 13 heavy (non-hydrogen) atoms. The van der Waals surface area contributed by atoms with E-state index in [0.29, 0.717) is 0 Å². The van der Waals surface area contributed by atoms with Crippen molar-refractivity contribution in [2.24, 2.45) is 0 Å². The molecule has 0 amide bonds. The van der Waals surface area contributed by atoms with Gasteiger partial charge in [-0.05, 0) is 43.5 Å². The van der Waals surface area contributed by atoms with Crippen LogP contribution >= 0.6 is 0 Å². The summed E-state index contributed by atoms with van der Waals surface area (Å²) in [6.45, 7) is 10.0. The second-order valence-electron chi connectivity index (χ2n) is 2.86. The Morgan fingerprint density at radius 1 is 0.923 bits per heavy atom. The fraction of sp³-hybridized carbons (Fsp3) is 0.417. The van der Waals surface area contributed by atoms with E-state index in [1.807, 2.05) is 39.8 Å². The molecule has 0 atom stereocenters. The number of benzene rings is 1. The molecule has 0 aliphatic rings. The molecule has 0 saturated carbocycles. The van der Waals surface area contributed by atoms with Crippen LogP contribution in [0.15, 0.2) is 12.1 Å². The van der Waals surface area contributed by atoms with E-state index in [4.69, 9.17) is 5.26 Å². The number of hydrogen-bond donors (Lipinski definition) is 0. The van der Waals surface area contributed by atoms with Gasteiger partial charge in [0.1, 0.15) is 0 Å². The SMILES string of the molecule is CC.Cc1cc(C)c(C#N)cc1C. The molecule has 1 aromatic carbocycles. The van der Waals surface area contributed by atoms with Crippen LogP contribution in [0.2, 0.25) is 0 Å².